The maximum Gasteiger partial charge on any atom is 0.105 e. The molecule has 3 aliphatic rings. The molecule has 5 rings (SSSR count). The summed E-state index contributed by atoms with van der Waals surface area (Å²) in [5, 5.41) is 22.0. The second-order valence-corrected chi connectivity index (χ2v) is 8.94. The molecule has 3 aliphatic carbocycles. The maximum absolute atomic E-state index is 11.0. The van der Waals surface area contributed by atoms with Crippen LogP contribution in [0.2, 0.25) is 0 Å². The van der Waals surface area contributed by atoms with Gasteiger partial charge in [0.15, 0.2) is 0 Å². The Morgan fingerprint density at radius 3 is 2.07 bits per heavy atom. The average Bonchev–Trinajstić information content (AvgIpc) is 2.72. The first-order chi connectivity index (χ1) is 13.2. The zero-order chi connectivity index (χ0) is 18.4. The van der Waals surface area contributed by atoms with Gasteiger partial charge in [0.05, 0.1) is 0 Å². The van der Waals surface area contributed by atoms with Crippen molar-refractivity contribution in [2.75, 3.05) is 0 Å². The summed E-state index contributed by atoms with van der Waals surface area (Å²) in [6.45, 7) is 0. The highest BCUT2D eigenvalue weighted by molar-refractivity contribution is 5.53. The summed E-state index contributed by atoms with van der Waals surface area (Å²) in [5.41, 5.74) is 6.42. The Morgan fingerprint density at radius 2 is 1.37 bits per heavy atom. The molecule has 0 heterocycles. The average molecular weight is 363 g/mol. The summed E-state index contributed by atoms with van der Waals surface area (Å²) in [4.78, 5) is 0. The van der Waals surface area contributed by atoms with Crippen molar-refractivity contribution in [1.82, 2.24) is 0 Å². The van der Waals surface area contributed by atoms with E-state index in [2.05, 4.69) is 12.1 Å². The molecular formula is C25H30O2. The Balaban J connectivity index is 1.52. The van der Waals surface area contributed by atoms with Crippen molar-refractivity contribution in [2.45, 2.75) is 75.9 Å². The molecule has 2 aromatic rings. The highest BCUT2D eigenvalue weighted by Gasteiger charge is 2.33. The molecule has 0 saturated heterocycles. The number of aliphatic hydroxyl groups excluding tert-OH is 2. The van der Waals surface area contributed by atoms with Crippen LogP contribution < -0.4 is 0 Å². The van der Waals surface area contributed by atoms with Gasteiger partial charge in [-0.3, -0.25) is 0 Å². The van der Waals surface area contributed by atoms with E-state index in [0.717, 1.165) is 34.6 Å². The van der Waals surface area contributed by atoms with Gasteiger partial charge in [-0.15, -0.1) is 0 Å². The van der Waals surface area contributed by atoms with E-state index in [1.54, 1.807) is 0 Å². The van der Waals surface area contributed by atoms with Crippen LogP contribution in [0.1, 0.15) is 103 Å². The molecule has 142 valence electrons. The zero-order valence-electron chi connectivity index (χ0n) is 16.0. The number of rotatable bonds is 2. The first kappa shape index (κ1) is 17.5. The summed E-state index contributed by atoms with van der Waals surface area (Å²) < 4.78 is 0. The molecule has 2 heteroatoms. The first-order valence-corrected chi connectivity index (χ1v) is 10.8. The van der Waals surface area contributed by atoms with Gasteiger partial charge in [-0.1, -0.05) is 68.5 Å². The van der Waals surface area contributed by atoms with Crippen LogP contribution in [0.15, 0.2) is 36.4 Å². The van der Waals surface area contributed by atoms with Gasteiger partial charge in [0.25, 0.3) is 0 Å². The molecule has 0 radical (unpaired) electrons. The van der Waals surface area contributed by atoms with Gasteiger partial charge in [-0.2, -0.15) is 0 Å². The Bertz CT molecular complexity index is 834. The number of hydrogen-bond acceptors (Lipinski definition) is 2. The van der Waals surface area contributed by atoms with Gasteiger partial charge >= 0.3 is 0 Å². The van der Waals surface area contributed by atoms with Crippen LogP contribution in [0.5, 0.6) is 0 Å². The molecule has 1 saturated carbocycles. The van der Waals surface area contributed by atoms with E-state index in [0.29, 0.717) is 5.92 Å². The fourth-order valence-corrected chi connectivity index (χ4v) is 5.88. The Kier molecular flexibility index (Phi) is 4.57. The number of fused-ring (bicyclic) bond motifs is 3. The highest BCUT2D eigenvalue weighted by atomic mass is 16.3. The minimum atomic E-state index is -0.623. The Morgan fingerprint density at radius 1 is 0.704 bits per heavy atom. The van der Waals surface area contributed by atoms with E-state index in [1.807, 2.05) is 24.3 Å². The molecule has 2 nitrogen and oxygen atoms in total. The van der Waals surface area contributed by atoms with Gasteiger partial charge in [0, 0.05) is 0 Å². The van der Waals surface area contributed by atoms with Crippen molar-refractivity contribution >= 4 is 0 Å². The van der Waals surface area contributed by atoms with Crippen LogP contribution in [-0.2, 0) is 6.42 Å². The summed E-state index contributed by atoms with van der Waals surface area (Å²) in [6, 6.07) is 12.2. The third-order valence-corrected chi connectivity index (χ3v) is 7.30. The van der Waals surface area contributed by atoms with Crippen LogP contribution >= 0.6 is 0 Å². The second-order valence-electron chi connectivity index (χ2n) is 8.94. The second kappa shape index (κ2) is 7.07. The quantitative estimate of drug-likeness (QED) is 0.735. The SMILES string of the molecule is OC1c2ccccc2C(O)c2cc3c(cc21)CCCC3CC1CCCCC1. The molecule has 27 heavy (non-hydrogen) atoms. The van der Waals surface area contributed by atoms with Crippen molar-refractivity contribution in [2.24, 2.45) is 5.92 Å². The van der Waals surface area contributed by atoms with E-state index in [1.165, 1.54) is 62.5 Å². The van der Waals surface area contributed by atoms with Gasteiger partial charge in [0.2, 0.25) is 0 Å². The lowest BCUT2D eigenvalue weighted by atomic mass is 9.72. The van der Waals surface area contributed by atoms with Gasteiger partial charge < -0.3 is 10.2 Å². The fourth-order valence-electron chi connectivity index (χ4n) is 5.88. The van der Waals surface area contributed by atoms with Gasteiger partial charge in [-0.05, 0) is 70.9 Å². The van der Waals surface area contributed by atoms with E-state index < -0.39 is 12.2 Å². The van der Waals surface area contributed by atoms with Crippen molar-refractivity contribution in [3.8, 4) is 0 Å². The molecule has 3 unspecified atom stereocenters. The number of hydrogen-bond donors (Lipinski definition) is 2. The van der Waals surface area contributed by atoms with E-state index >= 15 is 0 Å². The summed E-state index contributed by atoms with van der Waals surface area (Å²) in [6.07, 6.45) is 10.7. The molecular weight excluding hydrogens is 332 g/mol. The first-order valence-electron chi connectivity index (χ1n) is 10.8. The molecule has 0 bridgehead atoms. The fraction of sp³-hybridized carbons (Fsp3) is 0.520. The Hall–Kier alpha value is -1.64. The number of aryl methyl sites for hydroxylation is 1. The van der Waals surface area contributed by atoms with Crippen molar-refractivity contribution in [1.29, 1.82) is 0 Å². The predicted octanol–water partition coefficient (Wildman–Crippen LogP) is 5.55. The summed E-state index contributed by atoms with van der Waals surface area (Å²) >= 11 is 0. The van der Waals surface area contributed by atoms with E-state index in [-0.39, 0.29) is 0 Å². The molecule has 2 aromatic carbocycles. The van der Waals surface area contributed by atoms with Crippen LogP contribution in [0, 0.1) is 5.92 Å². The summed E-state index contributed by atoms with van der Waals surface area (Å²) in [7, 11) is 0. The Labute approximate surface area is 162 Å². The largest absolute Gasteiger partial charge is 0.384 e. The minimum Gasteiger partial charge on any atom is -0.384 e. The molecule has 0 aromatic heterocycles. The zero-order valence-corrected chi connectivity index (χ0v) is 16.0. The lowest BCUT2D eigenvalue weighted by Crippen LogP contribution is -2.21. The van der Waals surface area contributed by atoms with Crippen molar-refractivity contribution in [3.05, 3.63) is 69.8 Å². The molecule has 2 N–H and O–H groups in total. The molecule has 0 aliphatic heterocycles. The normalized spacial score (nSPS) is 27.6. The highest BCUT2D eigenvalue weighted by Crippen LogP contribution is 2.46. The molecule has 0 amide bonds. The van der Waals surface area contributed by atoms with Crippen LogP contribution in [0.3, 0.4) is 0 Å². The standard InChI is InChI=1S/C25H30O2/c26-24-19-11-4-5-12-20(19)25(27)23-15-21-17(13-16-7-2-1-3-8-16)9-6-10-18(21)14-22(23)24/h4-5,11-12,14-17,24-27H,1-3,6-10,13H2. The lowest BCUT2D eigenvalue weighted by molar-refractivity contribution is 0.173. The maximum atomic E-state index is 11.0. The predicted molar refractivity (Wildman–Crippen MR) is 108 cm³/mol. The number of aliphatic hydroxyl groups is 2. The van der Waals surface area contributed by atoms with Crippen LogP contribution in [0.4, 0.5) is 0 Å². The number of benzene rings is 2. The topological polar surface area (TPSA) is 40.5 Å². The van der Waals surface area contributed by atoms with Gasteiger partial charge in [0.1, 0.15) is 12.2 Å². The summed E-state index contributed by atoms with van der Waals surface area (Å²) in [5.74, 6) is 1.51. The molecule has 1 fully saturated rings. The van der Waals surface area contributed by atoms with E-state index in [4.69, 9.17) is 0 Å². The van der Waals surface area contributed by atoms with E-state index in [9.17, 15) is 10.2 Å². The third-order valence-electron chi connectivity index (χ3n) is 7.30. The molecule has 0 spiro atoms. The monoisotopic (exact) mass is 362 g/mol. The smallest absolute Gasteiger partial charge is 0.105 e. The van der Waals surface area contributed by atoms with Crippen molar-refractivity contribution < 1.29 is 10.2 Å². The van der Waals surface area contributed by atoms with Crippen molar-refractivity contribution in [3.63, 3.8) is 0 Å². The van der Waals surface area contributed by atoms with Crippen LogP contribution in [-0.4, -0.2) is 10.2 Å². The van der Waals surface area contributed by atoms with Gasteiger partial charge in [-0.25, -0.2) is 0 Å². The lowest BCUT2D eigenvalue weighted by Gasteiger charge is -2.35. The molecule has 3 atom stereocenters. The van der Waals surface area contributed by atoms with Crippen LogP contribution in [0.25, 0.3) is 0 Å². The minimum absolute atomic E-state index is 0.622. The third kappa shape index (κ3) is 3.03.